The van der Waals surface area contributed by atoms with E-state index < -0.39 is 21.7 Å². The predicted molar refractivity (Wildman–Crippen MR) is 138 cm³/mol. The van der Waals surface area contributed by atoms with Crippen molar-refractivity contribution in [3.63, 3.8) is 0 Å². The Morgan fingerprint density at radius 3 is 2.50 bits per heavy atom. The minimum atomic E-state index is -4.54. The summed E-state index contributed by atoms with van der Waals surface area (Å²) < 4.78 is 71.8. The van der Waals surface area contributed by atoms with Gasteiger partial charge in [0.25, 0.3) is 0 Å². The molecular formula is C26H24F3N7O3S. The largest absolute Gasteiger partial charge is 0.480 e. The number of sulfone groups is 1. The van der Waals surface area contributed by atoms with Crippen LogP contribution in [-0.4, -0.2) is 50.8 Å². The Labute approximate surface area is 227 Å². The molecular weight excluding hydrogens is 547 g/mol. The Balaban J connectivity index is 1.32. The van der Waals surface area contributed by atoms with Crippen LogP contribution in [0.25, 0.3) is 22.8 Å². The van der Waals surface area contributed by atoms with Crippen LogP contribution < -0.4 is 10.1 Å². The minimum Gasteiger partial charge on any atom is -0.480 e. The van der Waals surface area contributed by atoms with Crippen molar-refractivity contribution in [3.05, 3.63) is 59.4 Å². The normalized spacial score (nSPS) is 16.1. The van der Waals surface area contributed by atoms with Gasteiger partial charge in [0.15, 0.2) is 21.4 Å². The smallest absolute Gasteiger partial charge is 0.434 e. The Kier molecular flexibility index (Phi) is 6.24. The van der Waals surface area contributed by atoms with Crippen molar-refractivity contribution in [2.45, 2.75) is 42.8 Å². The number of ether oxygens (including phenoxy) is 1. The van der Waals surface area contributed by atoms with Crippen LogP contribution >= 0.6 is 0 Å². The van der Waals surface area contributed by atoms with Crippen LogP contribution in [0.1, 0.15) is 41.4 Å². The van der Waals surface area contributed by atoms with Gasteiger partial charge in [0.1, 0.15) is 28.4 Å². The molecule has 2 aliphatic rings. The lowest BCUT2D eigenvalue weighted by Crippen LogP contribution is -2.11. The number of rotatable bonds is 7. The van der Waals surface area contributed by atoms with Crippen molar-refractivity contribution in [2.24, 2.45) is 7.05 Å². The number of imidazole rings is 1. The summed E-state index contributed by atoms with van der Waals surface area (Å²) in [7, 11) is -0.579. The molecule has 0 spiro atoms. The van der Waals surface area contributed by atoms with E-state index in [1.807, 2.05) is 0 Å². The fraction of sp³-hybridized carbons (Fsp3) is 0.346. The molecule has 1 N–H and O–H groups in total. The number of halogens is 3. The second kappa shape index (κ2) is 9.54. The molecule has 1 aromatic carbocycles. The fourth-order valence-electron chi connectivity index (χ4n) is 4.80. The number of nitrogens with one attached hydrogen (secondary N) is 1. The molecule has 208 valence electrons. The Morgan fingerprint density at radius 1 is 1.10 bits per heavy atom. The number of aromatic nitrogens is 6. The first kappa shape index (κ1) is 26.2. The van der Waals surface area contributed by atoms with Crippen LogP contribution in [0.2, 0.25) is 0 Å². The van der Waals surface area contributed by atoms with Gasteiger partial charge in [-0.25, -0.2) is 33.3 Å². The third-order valence-corrected chi connectivity index (χ3v) is 8.71. The van der Waals surface area contributed by atoms with Crippen LogP contribution in [-0.2, 0) is 36.0 Å². The van der Waals surface area contributed by atoms with Gasteiger partial charge in [0.05, 0.1) is 24.3 Å². The molecule has 0 unspecified atom stereocenters. The minimum absolute atomic E-state index is 0.0642. The zero-order valence-electron chi connectivity index (χ0n) is 21.5. The molecule has 3 aromatic heterocycles. The molecule has 6 rings (SSSR count). The third-order valence-electron chi connectivity index (χ3n) is 6.92. The summed E-state index contributed by atoms with van der Waals surface area (Å²) in [4.78, 5) is 21.7. The molecule has 4 aromatic rings. The first-order chi connectivity index (χ1) is 19.0. The molecule has 0 radical (unpaired) electrons. The molecule has 0 atom stereocenters. The second-order valence-corrected chi connectivity index (χ2v) is 11.8. The van der Waals surface area contributed by atoms with E-state index in [-0.39, 0.29) is 41.2 Å². The summed E-state index contributed by atoms with van der Waals surface area (Å²) in [6.45, 7) is 0.213. The summed E-state index contributed by atoms with van der Waals surface area (Å²) in [5.74, 6) is 1.15. The van der Waals surface area contributed by atoms with Crippen LogP contribution in [0.4, 0.5) is 19.0 Å². The molecule has 0 amide bonds. The summed E-state index contributed by atoms with van der Waals surface area (Å²) in [6, 6.07) is 6.81. The summed E-state index contributed by atoms with van der Waals surface area (Å²) in [5, 5.41) is 3.14. The van der Waals surface area contributed by atoms with E-state index >= 15 is 0 Å². The van der Waals surface area contributed by atoms with Gasteiger partial charge in [0.2, 0.25) is 5.88 Å². The average Bonchev–Trinajstić information content (AvgIpc) is 3.62. The quantitative estimate of drug-likeness (QED) is 0.348. The van der Waals surface area contributed by atoms with E-state index in [4.69, 9.17) is 4.74 Å². The zero-order valence-corrected chi connectivity index (χ0v) is 22.3. The van der Waals surface area contributed by atoms with Gasteiger partial charge in [-0.2, -0.15) is 13.2 Å². The van der Waals surface area contributed by atoms with Gasteiger partial charge in [-0.3, -0.25) is 0 Å². The summed E-state index contributed by atoms with van der Waals surface area (Å²) in [6.07, 6.45) is 0.0549. The van der Waals surface area contributed by atoms with Crippen molar-refractivity contribution in [2.75, 3.05) is 18.2 Å². The highest BCUT2D eigenvalue weighted by Gasteiger charge is 2.36. The van der Waals surface area contributed by atoms with Gasteiger partial charge in [0, 0.05) is 37.7 Å². The first-order valence-electron chi connectivity index (χ1n) is 12.5. The highest BCUT2D eigenvalue weighted by atomic mass is 32.2. The van der Waals surface area contributed by atoms with Crippen LogP contribution in [0.3, 0.4) is 0 Å². The molecule has 0 saturated heterocycles. The number of methoxy groups -OCH3 is 1. The lowest BCUT2D eigenvalue weighted by atomic mass is 10.1. The fourth-order valence-corrected chi connectivity index (χ4v) is 6.39. The number of aryl methyl sites for hydroxylation is 2. The van der Waals surface area contributed by atoms with Crippen molar-refractivity contribution in [1.82, 2.24) is 29.5 Å². The maximum atomic E-state index is 13.1. The molecule has 1 fully saturated rings. The number of hydrogen-bond acceptors (Lipinski definition) is 9. The SMILES string of the molecule is COc1ncnc(C2CC2)c1-c1nc2c(c(NCc3ccc(-c4nc(C(F)(F)F)cn4C)cc3)n1)S(=O)(=O)CC2. The Hall–Kier alpha value is -4.07. The number of nitrogens with zero attached hydrogens (tertiary/aromatic N) is 6. The molecule has 14 heteroatoms. The summed E-state index contributed by atoms with van der Waals surface area (Å²) in [5.41, 5.74) is 2.06. The third kappa shape index (κ3) is 4.76. The highest BCUT2D eigenvalue weighted by Crippen LogP contribution is 2.45. The van der Waals surface area contributed by atoms with Gasteiger partial charge < -0.3 is 14.6 Å². The van der Waals surface area contributed by atoms with Gasteiger partial charge >= 0.3 is 6.18 Å². The van der Waals surface area contributed by atoms with Crippen molar-refractivity contribution >= 4 is 15.7 Å². The number of alkyl halides is 3. The van der Waals surface area contributed by atoms with Crippen molar-refractivity contribution in [1.29, 1.82) is 0 Å². The summed E-state index contributed by atoms with van der Waals surface area (Å²) >= 11 is 0. The molecule has 10 nitrogen and oxygen atoms in total. The maximum absolute atomic E-state index is 13.1. The van der Waals surface area contributed by atoms with E-state index in [0.29, 0.717) is 28.5 Å². The zero-order chi connectivity index (χ0) is 28.2. The van der Waals surface area contributed by atoms with E-state index in [0.717, 1.165) is 30.3 Å². The molecule has 1 aliphatic carbocycles. The molecule has 0 bridgehead atoms. The van der Waals surface area contributed by atoms with E-state index in [9.17, 15) is 21.6 Å². The first-order valence-corrected chi connectivity index (χ1v) is 14.2. The van der Waals surface area contributed by atoms with Crippen molar-refractivity contribution in [3.8, 4) is 28.7 Å². The number of hydrogen-bond donors (Lipinski definition) is 1. The highest BCUT2D eigenvalue weighted by molar-refractivity contribution is 7.91. The van der Waals surface area contributed by atoms with Crippen LogP contribution in [0.5, 0.6) is 5.88 Å². The van der Waals surface area contributed by atoms with E-state index in [1.54, 1.807) is 24.3 Å². The standard InChI is InChI=1S/C26H24F3N7O3S/c1-36-12-18(26(27,28)29)34-24(36)16-5-3-14(4-6-16)11-30-23-21-17(9-10-40(21,37)38)33-22(35-23)19-20(15-7-8-15)31-13-32-25(19)39-2/h3-6,12-13,15H,7-11H2,1-2H3,(H,30,33,35). The molecule has 40 heavy (non-hydrogen) atoms. The van der Waals surface area contributed by atoms with Crippen molar-refractivity contribution < 1.29 is 26.3 Å². The number of benzene rings is 1. The monoisotopic (exact) mass is 571 g/mol. The lowest BCUT2D eigenvalue weighted by Gasteiger charge is -2.15. The van der Waals surface area contributed by atoms with E-state index in [1.165, 1.54) is 25.1 Å². The van der Waals surface area contributed by atoms with Gasteiger partial charge in [-0.15, -0.1) is 0 Å². The molecule has 4 heterocycles. The van der Waals surface area contributed by atoms with E-state index in [2.05, 4.69) is 30.2 Å². The number of anilines is 1. The second-order valence-electron chi connectivity index (χ2n) is 9.77. The van der Waals surface area contributed by atoms with Crippen LogP contribution in [0, 0.1) is 0 Å². The maximum Gasteiger partial charge on any atom is 0.434 e. The molecule has 1 aliphatic heterocycles. The topological polar surface area (TPSA) is 125 Å². The predicted octanol–water partition coefficient (Wildman–Crippen LogP) is 4.18. The number of fused-ring (bicyclic) bond motifs is 1. The van der Waals surface area contributed by atoms with Gasteiger partial charge in [-0.05, 0) is 18.4 Å². The Bertz CT molecular complexity index is 1720. The Morgan fingerprint density at radius 2 is 1.85 bits per heavy atom. The van der Waals surface area contributed by atoms with Crippen LogP contribution in [0.15, 0.2) is 41.7 Å². The van der Waals surface area contributed by atoms with Gasteiger partial charge in [-0.1, -0.05) is 24.3 Å². The molecule has 1 saturated carbocycles. The lowest BCUT2D eigenvalue weighted by molar-refractivity contribution is -0.140. The average molecular weight is 572 g/mol.